The van der Waals surface area contributed by atoms with E-state index in [0.717, 1.165) is 0 Å². The largest absolute Gasteiger partial charge is 0.466 e. The second-order valence-electron chi connectivity index (χ2n) is 3.86. The lowest BCUT2D eigenvalue weighted by atomic mass is 10.1. The Morgan fingerprint density at radius 3 is 2.62 bits per heavy atom. The number of non-ortho nitro benzene ring substituents is 1. The standard InChI is InChI=1S/C13H14N2O6/c1-20-12(16)10(8-14-13(17)21-2)6-9-4-3-5-11(7-9)15(18)19/h3-7H,8H2,1-2H3,(H,14,17)/b10-6-. The molecule has 0 aliphatic carbocycles. The molecule has 8 nitrogen and oxygen atoms in total. The van der Waals surface area contributed by atoms with Crippen LogP contribution in [0.2, 0.25) is 0 Å². The number of carbonyl (C=O) groups excluding carboxylic acids is 2. The molecular weight excluding hydrogens is 280 g/mol. The van der Waals surface area contributed by atoms with Crippen LogP contribution in [-0.2, 0) is 14.3 Å². The predicted octanol–water partition coefficient (Wildman–Crippen LogP) is 1.51. The number of methoxy groups -OCH3 is 2. The number of carbonyl (C=O) groups is 2. The van der Waals surface area contributed by atoms with Crippen molar-refractivity contribution in [1.82, 2.24) is 5.32 Å². The first kappa shape index (κ1) is 16.2. The van der Waals surface area contributed by atoms with E-state index >= 15 is 0 Å². The Labute approximate surface area is 120 Å². The molecule has 0 spiro atoms. The molecule has 0 aliphatic rings. The van der Waals surface area contributed by atoms with Gasteiger partial charge in [-0.3, -0.25) is 10.1 Å². The zero-order valence-electron chi connectivity index (χ0n) is 11.5. The van der Waals surface area contributed by atoms with E-state index in [0.29, 0.717) is 5.56 Å². The first-order valence-corrected chi connectivity index (χ1v) is 5.83. The Morgan fingerprint density at radius 1 is 1.33 bits per heavy atom. The Morgan fingerprint density at radius 2 is 2.05 bits per heavy atom. The minimum atomic E-state index is -0.705. The van der Waals surface area contributed by atoms with Gasteiger partial charge in [-0.1, -0.05) is 12.1 Å². The Kier molecular flexibility index (Phi) is 5.87. The van der Waals surface area contributed by atoms with Gasteiger partial charge in [-0.05, 0) is 11.6 Å². The topological polar surface area (TPSA) is 108 Å². The zero-order chi connectivity index (χ0) is 15.8. The van der Waals surface area contributed by atoms with Crippen LogP contribution in [0.15, 0.2) is 29.8 Å². The highest BCUT2D eigenvalue weighted by molar-refractivity contribution is 5.94. The van der Waals surface area contributed by atoms with Gasteiger partial charge >= 0.3 is 12.1 Å². The van der Waals surface area contributed by atoms with Crippen LogP contribution >= 0.6 is 0 Å². The molecular formula is C13H14N2O6. The summed E-state index contributed by atoms with van der Waals surface area (Å²) < 4.78 is 8.99. The maximum absolute atomic E-state index is 11.6. The molecule has 1 amide bonds. The molecule has 112 valence electrons. The second kappa shape index (κ2) is 7.63. The number of nitrogens with one attached hydrogen (secondary N) is 1. The lowest BCUT2D eigenvalue weighted by Crippen LogP contribution is -2.27. The van der Waals surface area contributed by atoms with Gasteiger partial charge in [-0.15, -0.1) is 0 Å². The Balaban J connectivity index is 3.01. The van der Waals surface area contributed by atoms with Crippen molar-refractivity contribution in [3.05, 3.63) is 45.5 Å². The molecule has 0 radical (unpaired) electrons. The van der Waals surface area contributed by atoms with Crippen LogP contribution in [0.4, 0.5) is 10.5 Å². The normalized spacial score (nSPS) is 10.7. The molecule has 8 heteroatoms. The van der Waals surface area contributed by atoms with Gasteiger partial charge in [-0.25, -0.2) is 9.59 Å². The summed E-state index contributed by atoms with van der Waals surface area (Å²) in [6.07, 6.45) is 0.693. The lowest BCUT2D eigenvalue weighted by molar-refractivity contribution is -0.384. The van der Waals surface area contributed by atoms with Crippen molar-refractivity contribution in [2.75, 3.05) is 20.8 Å². The summed E-state index contributed by atoms with van der Waals surface area (Å²) in [4.78, 5) is 32.8. The average molecular weight is 294 g/mol. The molecule has 0 fully saturated rings. The number of hydrogen-bond acceptors (Lipinski definition) is 6. The molecule has 0 unspecified atom stereocenters. The highest BCUT2D eigenvalue weighted by Crippen LogP contribution is 2.16. The molecule has 0 saturated heterocycles. The predicted molar refractivity (Wildman–Crippen MR) is 73.5 cm³/mol. The van der Waals surface area contributed by atoms with Crippen LogP contribution in [0.3, 0.4) is 0 Å². The van der Waals surface area contributed by atoms with Gasteiger partial charge in [0.2, 0.25) is 0 Å². The molecule has 1 rings (SSSR count). The minimum absolute atomic E-state index is 0.103. The number of nitrogens with zero attached hydrogens (tertiary/aromatic N) is 1. The van der Waals surface area contributed by atoms with Crippen LogP contribution in [-0.4, -0.2) is 37.8 Å². The number of rotatable bonds is 5. The quantitative estimate of drug-likeness (QED) is 0.381. The first-order valence-electron chi connectivity index (χ1n) is 5.83. The maximum atomic E-state index is 11.6. The second-order valence-corrected chi connectivity index (χ2v) is 3.86. The van der Waals surface area contributed by atoms with E-state index in [2.05, 4.69) is 14.8 Å². The summed E-state index contributed by atoms with van der Waals surface area (Å²) >= 11 is 0. The molecule has 21 heavy (non-hydrogen) atoms. The Bertz CT molecular complexity index is 582. The molecule has 0 heterocycles. The summed E-state index contributed by atoms with van der Waals surface area (Å²) in [6.45, 7) is -0.123. The van der Waals surface area contributed by atoms with Gasteiger partial charge in [0.1, 0.15) is 0 Å². The fourth-order valence-corrected chi connectivity index (χ4v) is 1.48. The molecule has 0 atom stereocenters. The van der Waals surface area contributed by atoms with E-state index in [1.54, 1.807) is 6.07 Å². The fraction of sp³-hybridized carbons (Fsp3) is 0.231. The summed E-state index contributed by atoms with van der Waals surface area (Å²) in [7, 11) is 2.39. The maximum Gasteiger partial charge on any atom is 0.407 e. The number of benzene rings is 1. The van der Waals surface area contributed by atoms with E-state index in [4.69, 9.17) is 0 Å². The highest BCUT2D eigenvalue weighted by atomic mass is 16.6. The Hall–Kier alpha value is -2.90. The van der Waals surface area contributed by atoms with Crippen molar-refractivity contribution in [3.8, 4) is 0 Å². The van der Waals surface area contributed by atoms with Crippen molar-refractivity contribution < 1.29 is 24.0 Å². The van der Waals surface area contributed by atoms with Gasteiger partial charge in [0.25, 0.3) is 5.69 Å². The molecule has 0 aliphatic heterocycles. The molecule has 1 N–H and O–H groups in total. The van der Waals surface area contributed by atoms with Crippen molar-refractivity contribution in [2.24, 2.45) is 0 Å². The fourth-order valence-electron chi connectivity index (χ4n) is 1.48. The van der Waals surface area contributed by atoms with E-state index in [1.807, 2.05) is 0 Å². The van der Waals surface area contributed by atoms with E-state index < -0.39 is 17.0 Å². The van der Waals surface area contributed by atoms with Crippen LogP contribution in [0.1, 0.15) is 5.56 Å². The zero-order valence-corrected chi connectivity index (χ0v) is 11.5. The summed E-state index contributed by atoms with van der Waals surface area (Å²) in [5.74, 6) is -0.655. The third-order valence-electron chi connectivity index (χ3n) is 2.48. The average Bonchev–Trinajstić information content (AvgIpc) is 2.50. The molecule has 1 aromatic rings. The number of hydrogen-bond donors (Lipinski definition) is 1. The highest BCUT2D eigenvalue weighted by Gasteiger charge is 2.12. The van der Waals surface area contributed by atoms with Gasteiger partial charge in [0.15, 0.2) is 0 Å². The number of alkyl carbamates (subject to hydrolysis) is 1. The van der Waals surface area contributed by atoms with Gasteiger partial charge in [0.05, 0.1) is 31.3 Å². The number of nitro groups is 1. The number of esters is 1. The van der Waals surface area contributed by atoms with E-state index in [-0.39, 0.29) is 17.8 Å². The molecule has 0 bridgehead atoms. The molecule has 0 aromatic heterocycles. The first-order chi connectivity index (χ1) is 9.97. The van der Waals surface area contributed by atoms with Crippen LogP contribution < -0.4 is 5.32 Å². The van der Waals surface area contributed by atoms with E-state index in [1.165, 1.54) is 38.5 Å². The van der Waals surface area contributed by atoms with Gasteiger partial charge in [0, 0.05) is 12.1 Å². The number of nitro benzene ring substituents is 1. The van der Waals surface area contributed by atoms with Crippen LogP contribution in [0, 0.1) is 10.1 Å². The third kappa shape index (κ3) is 4.94. The van der Waals surface area contributed by atoms with Crippen LogP contribution in [0.25, 0.3) is 6.08 Å². The minimum Gasteiger partial charge on any atom is -0.466 e. The van der Waals surface area contributed by atoms with Gasteiger partial charge < -0.3 is 14.8 Å². The smallest absolute Gasteiger partial charge is 0.407 e. The number of ether oxygens (including phenoxy) is 2. The SMILES string of the molecule is COC(=O)NC/C(=C/c1cccc([N+](=O)[O-])c1)C(=O)OC. The molecule has 1 aromatic carbocycles. The monoisotopic (exact) mass is 294 g/mol. The lowest BCUT2D eigenvalue weighted by Gasteiger charge is -2.07. The van der Waals surface area contributed by atoms with Crippen molar-refractivity contribution >= 4 is 23.8 Å². The summed E-state index contributed by atoms with van der Waals surface area (Å²) in [6, 6.07) is 5.73. The van der Waals surface area contributed by atoms with E-state index in [9.17, 15) is 19.7 Å². The van der Waals surface area contributed by atoms with Crippen molar-refractivity contribution in [3.63, 3.8) is 0 Å². The van der Waals surface area contributed by atoms with Crippen molar-refractivity contribution in [1.29, 1.82) is 0 Å². The van der Waals surface area contributed by atoms with Crippen molar-refractivity contribution in [2.45, 2.75) is 0 Å². The third-order valence-corrected chi connectivity index (χ3v) is 2.48. The summed E-state index contributed by atoms with van der Waals surface area (Å²) in [5, 5.41) is 13.0. The number of amides is 1. The molecule has 0 saturated carbocycles. The van der Waals surface area contributed by atoms with Gasteiger partial charge in [-0.2, -0.15) is 0 Å². The van der Waals surface area contributed by atoms with Crippen LogP contribution in [0.5, 0.6) is 0 Å². The summed E-state index contributed by atoms with van der Waals surface area (Å²) in [5.41, 5.74) is 0.466.